The third-order valence-corrected chi connectivity index (χ3v) is 2.98. The molecule has 4 nitrogen and oxygen atoms in total. The van der Waals surface area contributed by atoms with Crippen LogP contribution in [0.25, 0.3) is 10.9 Å². The van der Waals surface area contributed by atoms with Crippen LogP contribution in [-0.4, -0.2) is 17.5 Å². The summed E-state index contributed by atoms with van der Waals surface area (Å²) >= 11 is 0. The molecule has 0 aliphatic rings. The van der Waals surface area contributed by atoms with Crippen molar-refractivity contribution in [3.05, 3.63) is 36.0 Å². The molecule has 2 aromatic rings. The van der Waals surface area contributed by atoms with Crippen LogP contribution in [0.5, 0.6) is 0 Å². The van der Waals surface area contributed by atoms with Gasteiger partial charge in [0.1, 0.15) is 0 Å². The molecule has 1 amide bonds. The molecule has 0 bridgehead atoms. The Morgan fingerprint density at radius 1 is 1.41 bits per heavy atom. The van der Waals surface area contributed by atoms with Gasteiger partial charge in [-0.1, -0.05) is 12.1 Å². The van der Waals surface area contributed by atoms with Crippen LogP contribution in [0.1, 0.15) is 12.0 Å². The van der Waals surface area contributed by atoms with Crippen molar-refractivity contribution < 1.29 is 4.79 Å². The summed E-state index contributed by atoms with van der Waals surface area (Å²) in [5.41, 5.74) is 7.97. The van der Waals surface area contributed by atoms with E-state index in [0.29, 0.717) is 19.5 Å². The van der Waals surface area contributed by atoms with E-state index in [1.807, 2.05) is 18.3 Å². The van der Waals surface area contributed by atoms with Crippen LogP contribution in [0.2, 0.25) is 0 Å². The maximum atomic E-state index is 11.2. The molecule has 0 unspecified atom stereocenters. The summed E-state index contributed by atoms with van der Waals surface area (Å²) in [5.74, 6) is 0.0572. The zero-order chi connectivity index (χ0) is 12.3. The molecule has 3 N–H and O–H groups in total. The van der Waals surface area contributed by atoms with E-state index < -0.39 is 0 Å². The van der Waals surface area contributed by atoms with E-state index in [1.165, 1.54) is 5.39 Å². The van der Waals surface area contributed by atoms with Crippen molar-refractivity contribution in [2.24, 2.45) is 5.73 Å². The number of nitrogens with one attached hydrogen (secondary N) is 1. The number of fused-ring (bicyclic) bond motifs is 1. The molecule has 0 saturated carbocycles. The number of carbonyl (C=O) groups excluding carboxylic acids is 1. The van der Waals surface area contributed by atoms with Gasteiger partial charge in [0.25, 0.3) is 0 Å². The van der Waals surface area contributed by atoms with Crippen molar-refractivity contribution in [1.82, 2.24) is 9.88 Å². The third-order valence-electron chi connectivity index (χ3n) is 2.98. The molecule has 4 heteroatoms. The second-order valence-corrected chi connectivity index (χ2v) is 3.99. The van der Waals surface area contributed by atoms with Crippen molar-refractivity contribution in [3.63, 3.8) is 0 Å². The zero-order valence-electron chi connectivity index (χ0n) is 9.94. The Morgan fingerprint density at radius 3 is 2.94 bits per heavy atom. The highest BCUT2D eigenvalue weighted by Gasteiger charge is 2.05. The van der Waals surface area contributed by atoms with Gasteiger partial charge in [0.2, 0.25) is 5.91 Å². The number of hydrogen-bond acceptors (Lipinski definition) is 2. The maximum absolute atomic E-state index is 11.2. The molecule has 0 atom stereocenters. The number of carbonyl (C=O) groups is 1. The standard InChI is InChI=1S/C13H17N3O/c1-15-13(17)6-8-16-7-5-11-10(9-14)3-2-4-12(11)16/h2-5,7H,6,8-9,14H2,1H3,(H,15,17). The molecule has 90 valence electrons. The minimum atomic E-state index is 0.0572. The Labute approximate surface area is 100 Å². The van der Waals surface area contributed by atoms with Gasteiger partial charge in [-0.05, 0) is 17.7 Å². The lowest BCUT2D eigenvalue weighted by Gasteiger charge is -2.06. The summed E-state index contributed by atoms with van der Waals surface area (Å²) in [6, 6.07) is 8.14. The molecule has 0 saturated heterocycles. The molecular formula is C13H17N3O. The van der Waals surface area contributed by atoms with Crippen molar-refractivity contribution in [2.75, 3.05) is 7.05 Å². The summed E-state index contributed by atoms with van der Waals surface area (Å²) in [6.07, 6.45) is 2.50. The van der Waals surface area contributed by atoms with Gasteiger partial charge in [-0.25, -0.2) is 0 Å². The quantitative estimate of drug-likeness (QED) is 0.831. The van der Waals surface area contributed by atoms with E-state index in [-0.39, 0.29) is 5.91 Å². The Balaban J connectivity index is 2.27. The first kappa shape index (κ1) is 11.7. The van der Waals surface area contributed by atoms with E-state index in [1.54, 1.807) is 7.05 Å². The molecule has 0 fully saturated rings. The maximum Gasteiger partial charge on any atom is 0.221 e. The largest absolute Gasteiger partial charge is 0.359 e. The molecular weight excluding hydrogens is 214 g/mol. The molecule has 0 radical (unpaired) electrons. The monoisotopic (exact) mass is 231 g/mol. The van der Waals surface area contributed by atoms with Crippen LogP contribution in [0.15, 0.2) is 30.5 Å². The molecule has 17 heavy (non-hydrogen) atoms. The summed E-state index contributed by atoms with van der Waals surface area (Å²) in [4.78, 5) is 11.2. The topological polar surface area (TPSA) is 60.0 Å². The fourth-order valence-electron chi connectivity index (χ4n) is 2.01. The van der Waals surface area contributed by atoms with Crippen molar-refractivity contribution >= 4 is 16.8 Å². The first-order valence-electron chi connectivity index (χ1n) is 5.73. The summed E-state index contributed by atoms with van der Waals surface area (Å²) in [7, 11) is 1.66. The van der Waals surface area contributed by atoms with Gasteiger partial charge >= 0.3 is 0 Å². The molecule has 0 aliphatic carbocycles. The first-order chi connectivity index (χ1) is 8.26. The predicted molar refractivity (Wildman–Crippen MR) is 68.5 cm³/mol. The van der Waals surface area contributed by atoms with Gasteiger partial charge in [-0.3, -0.25) is 4.79 Å². The van der Waals surface area contributed by atoms with Gasteiger partial charge in [0, 0.05) is 43.7 Å². The van der Waals surface area contributed by atoms with Crippen LogP contribution in [0.3, 0.4) is 0 Å². The Bertz CT molecular complexity index is 530. The number of aromatic nitrogens is 1. The van der Waals surface area contributed by atoms with E-state index in [4.69, 9.17) is 5.73 Å². The molecule has 0 spiro atoms. The average molecular weight is 231 g/mol. The Hall–Kier alpha value is -1.81. The number of nitrogens with two attached hydrogens (primary N) is 1. The SMILES string of the molecule is CNC(=O)CCn1ccc2c(CN)cccc21. The summed E-state index contributed by atoms with van der Waals surface area (Å²) in [6.45, 7) is 1.23. The second kappa shape index (κ2) is 5.01. The van der Waals surface area contributed by atoms with Gasteiger partial charge in [0.05, 0.1) is 0 Å². The molecule has 2 rings (SSSR count). The fourth-order valence-corrected chi connectivity index (χ4v) is 2.01. The Morgan fingerprint density at radius 2 is 2.24 bits per heavy atom. The molecule has 1 aromatic heterocycles. The summed E-state index contributed by atoms with van der Waals surface area (Å²) < 4.78 is 2.09. The highest BCUT2D eigenvalue weighted by molar-refractivity contribution is 5.84. The lowest BCUT2D eigenvalue weighted by atomic mass is 10.1. The lowest BCUT2D eigenvalue weighted by molar-refractivity contribution is -0.120. The van der Waals surface area contributed by atoms with E-state index in [0.717, 1.165) is 11.1 Å². The fraction of sp³-hybridized carbons (Fsp3) is 0.308. The van der Waals surface area contributed by atoms with Gasteiger partial charge in [-0.2, -0.15) is 0 Å². The highest BCUT2D eigenvalue weighted by atomic mass is 16.1. The number of amides is 1. The van der Waals surface area contributed by atoms with E-state index in [2.05, 4.69) is 22.0 Å². The lowest BCUT2D eigenvalue weighted by Crippen LogP contribution is -2.19. The van der Waals surface area contributed by atoms with Crippen molar-refractivity contribution in [1.29, 1.82) is 0 Å². The van der Waals surface area contributed by atoms with Crippen molar-refractivity contribution in [3.8, 4) is 0 Å². The number of benzene rings is 1. The minimum absolute atomic E-state index is 0.0572. The number of aryl methyl sites for hydroxylation is 1. The second-order valence-electron chi connectivity index (χ2n) is 3.99. The van der Waals surface area contributed by atoms with Gasteiger partial charge < -0.3 is 15.6 Å². The molecule has 1 aromatic carbocycles. The van der Waals surface area contributed by atoms with Gasteiger partial charge in [-0.15, -0.1) is 0 Å². The number of nitrogens with zero attached hydrogens (tertiary/aromatic N) is 1. The molecule has 1 heterocycles. The minimum Gasteiger partial charge on any atom is -0.359 e. The number of hydrogen-bond donors (Lipinski definition) is 2. The highest BCUT2D eigenvalue weighted by Crippen LogP contribution is 2.20. The smallest absolute Gasteiger partial charge is 0.221 e. The zero-order valence-corrected chi connectivity index (χ0v) is 9.94. The number of rotatable bonds is 4. The average Bonchev–Trinajstić information content (AvgIpc) is 2.78. The van der Waals surface area contributed by atoms with E-state index >= 15 is 0 Å². The van der Waals surface area contributed by atoms with Crippen LogP contribution in [0, 0.1) is 0 Å². The summed E-state index contributed by atoms with van der Waals surface area (Å²) in [5, 5.41) is 3.80. The van der Waals surface area contributed by atoms with Crippen LogP contribution < -0.4 is 11.1 Å². The van der Waals surface area contributed by atoms with Crippen LogP contribution in [0.4, 0.5) is 0 Å². The predicted octanol–water partition coefficient (Wildman–Crippen LogP) is 1.24. The molecule has 0 aliphatic heterocycles. The van der Waals surface area contributed by atoms with Gasteiger partial charge in [0.15, 0.2) is 0 Å². The van der Waals surface area contributed by atoms with E-state index in [9.17, 15) is 4.79 Å². The first-order valence-corrected chi connectivity index (χ1v) is 5.73. The van der Waals surface area contributed by atoms with Crippen LogP contribution in [-0.2, 0) is 17.9 Å². The van der Waals surface area contributed by atoms with Crippen molar-refractivity contribution in [2.45, 2.75) is 19.5 Å². The van der Waals surface area contributed by atoms with Crippen LogP contribution >= 0.6 is 0 Å². The Kier molecular flexibility index (Phi) is 3.44. The third kappa shape index (κ3) is 2.31. The normalized spacial score (nSPS) is 10.7.